The highest BCUT2D eigenvalue weighted by Crippen LogP contribution is 2.16. The second-order valence-electron chi connectivity index (χ2n) is 7.25. The van der Waals surface area contributed by atoms with E-state index in [0.717, 1.165) is 19.3 Å². The molecule has 0 spiro atoms. The number of carboxylic acid groups (broad SMARTS) is 1. The van der Waals surface area contributed by atoms with Gasteiger partial charge in [0.15, 0.2) is 0 Å². The number of aliphatic hydroxyl groups is 1. The van der Waals surface area contributed by atoms with Gasteiger partial charge in [-0.1, -0.05) is 90.4 Å². The summed E-state index contributed by atoms with van der Waals surface area (Å²) in [5.41, 5.74) is 10.1. The van der Waals surface area contributed by atoms with Gasteiger partial charge in [0.2, 0.25) is 0 Å². The van der Waals surface area contributed by atoms with Crippen LogP contribution in [0.5, 0.6) is 0 Å². The van der Waals surface area contributed by atoms with Crippen LogP contribution in [-0.4, -0.2) is 21.8 Å². The first kappa shape index (κ1) is 23.9. The van der Waals surface area contributed by atoms with Crippen LogP contribution in [0.25, 0.3) is 0 Å². The fraction of sp³-hybridized carbons (Fsp3) is 0.850. The number of aliphatic hydroxyl groups excluding tert-OH is 1. The largest absolute Gasteiger partial charge is 0.509 e. The van der Waals surface area contributed by atoms with Crippen molar-refractivity contribution in [3.63, 3.8) is 0 Å². The maximum atomic E-state index is 10.5. The Balaban J connectivity index is 3.43. The Morgan fingerprint density at radius 1 is 0.760 bits per heavy atom. The molecule has 0 rings (SSSR count). The second kappa shape index (κ2) is 15.2. The lowest BCUT2D eigenvalue weighted by Gasteiger charge is -2.23. The molecule has 0 bridgehead atoms. The van der Waals surface area contributed by atoms with Gasteiger partial charge in [0.05, 0.1) is 6.08 Å². The normalized spacial score (nSPS) is 12.5. The zero-order chi connectivity index (χ0) is 19.0. The van der Waals surface area contributed by atoms with E-state index in [4.69, 9.17) is 16.6 Å². The Bertz CT molecular complexity index is 368. The van der Waals surface area contributed by atoms with E-state index in [-0.39, 0.29) is 0 Å². The number of aliphatic carboxylic acids is 1. The summed E-state index contributed by atoms with van der Waals surface area (Å²) in [5, 5.41) is 18.2. The van der Waals surface area contributed by atoms with Gasteiger partial charge >= 0.3 is 5.97 Å². The molecule has 0 aromatic rings. The molecule has 0 atom stereocenters. The summed E-state index contributed by atoms with van der Waals surface area (Å²) in [5.74, 6) is -1.70. The molecule has 0 saturated carbocycles. The molecule has 148 valence electrons. The van der Waals surface area contributed by atoms with Gasteiger partial charge in [0.1, 0.15) is 11.4 Å². The van der Waals surface area contributed by atoms with Gasteiger partial charge in [-0.2, -0.15) is 0 Å². The van der Waals surface area contributed by atoms with E-state index in [0.29, 0.717) is 12.5 Å². The van der Waals surface area contributed by atoms with Gasteiger partial charge in [-0.25, -0.2) is 4.79 Å². The summed E-state index contributed by atoms with van der Waals surface area (Å²) in [6.45, 7) is 2.25. The zero-order valence-electron chi connectivity index (χ0n) is 16.1. The molecule has 0 radical (unpaired) electrons. The lowest BCUT2D eigenvalue weighted by atomic mass is 9.99. The molecule has 6 N–H and O–H groups in total. The molecule has 0 unspecified atom stereocenters. The minimum atomic E-state index is -1.44. The molecule has 0 amide bonds. The summed E-state index contributed by atoms with van der Waals surface area (Å²) < 4.78 is 0. The molecule has 0 aromatic carbocycles. The molecule has 0 aliphatic heterocycles. The lowest BCUT2D eigenvalue weighted by Crippen LogP contribution is -2.51. The summed E-state index contributed by atoms with van der Waals surface area (Å²) in [7, 11) is 0. The monoisotopic (exact) mass is 356 g/mol. The molecule has 0 heterocycles. The van der Waals surface area contributed by atoms with Crippen LogP contribution in [0.3, 0.4) is 0 Å². The van der Waals surface area contributed by atoms with Crippen molar-refractivity contribution in [3.8, 4) is 0 Å². The van der Waals surface area contributed by atoms with E-state index in [1.807, 2.05) is 0 Å². The fourth-order valence-electron chi connectivity index (χ4n) is 2.99. The number of hydrogen-bond donors (Lipinski definition) is 4. The third kappa shape index (κ3) is 14.9. The highest BCUT2D eigenvalue weighted by Gasteiger charge is 2.24. The molecule has 0 fully saturated rings. The van der Waals surface area contributed by atoms with Crippen molar-refractivity contribution in [1.82, 2.24) is 0 Å². The van der Waals surface area contributed by atoms with E-state index in [1.165, 1.54) is 70.6 Å². The van der Waals surface area contributed by atoms with Gasteiger partial charge in [-0.05, 0) is 12.8 Å². The van der Waals surface area contributed by atoms with Gasteiger partial charge < -0.3 is 21.7 Å². The molecule has 25 heavy (non-hydrogen) atoms. The Labute approximate surface area is 153 Å². The standard InChI is InChI=1S/C20H40N2O3/c1-2-3-4-5-6-7-8-9-10-11-12-13-14-15-16-20(21,22)18(23)17-19(24)25/h17,23H,2-16,21-22H2,1H3,(H,24,25). The third-order valence-electron chi connectivity index (χ3n) is 4.68. The van der Waals surface area contributed by atoms with E-state index in [1.54, 1.807) is 0 Å². The van der Waals surface area contributed by atoms with Gasteiger partial charge in [-0.15, -0.1) is 0 Å². The topological polar surface area (TPSA) is 110 Å². The van der Waals surface area contributed by atoms with E-state index in [9.17, 15) is 9.90 Å². The molecular weight excluding hydrogens is 316 g/mol. The maximum absolute atomic E-state index is 10.5. The summed E-state index contributed by atoms with van der Waals surface area (Å²) in [4.78, 5) is 10.5. The smallest absolute Gasteiger partial charge is 0.331 e. The number of carbonyl (C=O) groups is 1. The summed E-state index contributed by atoms with van der Waals surface area (Å²) >= 11 is 0. The van der Waals surface area contributed by atoms with Crippen molar-refractivity contribution in [3.05, 3.63) is 11.8 Å². The average molecular weight is 357 g/mol. The van der Waals surface area contributed by atoms with E-state index in [2.05, 4.69) is 6.92 Å². The number of rotatable bonds is 17. The third-order valence-corrected chi connectivity index (χ3v) is 4.68. The van der Waals surface area contributed by atoms with Crippen molar-refractivity contribution in [2.75, 3.05) is 0 Å². The Morgan fingerprint density at radius 2 is 1.12 bits per heavy atom. The van der Waals surface area contributed by atoms with Crippen LogP contribution in [0.4, 0.5) is 0 Å². The molecule has 0 saturated heterocycles. The minimum absolute atomic E-state index is 0.390. The first-order valence-electron chi connectivity index (χ1n) is 10.1. The molecule has 0 aliphatic rings. The Kier molecular flexibility index (Phi) is 14.6. The summed E-state index contributed by atoms with van der Waals surface area (Å²) in [6.07, 6.45) is 18.8. The van der Waals surface area contributed by atoms with Crippen molar-refractivity contribution in [2.45, 2.75) is 109 Å². The van der Waals surface area contributed by atoms with Crippen LogP contribution in [-0.2, 0) is 4.79 Å². The van der Waals surface area contributed by atoms with Crippen molar-refractivity contribution < 1.29 is 15.0 Å². The molecule has 0 aliphatic carbocycles. The van der Waals surface area contributed by atoms with Gasteiger partial charge in [0.25, 0.3) is 0 Å². The van der Waals surface area contributed by atoms with Crippen LogP contribution < -0.4 is 11.5 Å². The fourth-order valence-corrected chi connectivity index (χ4v) is 2.99. The first-order valence-corrected chi connectivity index (χ1v) is 10.1. The van der Waals surface area contributed by atoms with Gasteiger partial charge in [-0.3, -0.25) is 0 Å². The van der Waals surface area contributed by atoms with Crippen molar-refractivity contribution >= 4 is 5.97 Å². The van der Waals surface area contributed by atoms with Crippen LogP contribution in [0.15, 0.2) is 11.8 Å². The van der Waals surface area contributed by atoms with E-state index < -0.39 is 17.4 Å². The average Bonchev–Trinajstić information content (AvgIpc) is 2.54. The number of carboxylic acids is 1. The number of unbranched alkanes of at least 4 members (excludes halogenated alkanes) is 13. The predicted octanol–water partition coefficient (Wildman–Crippen LogP) is 5.00. The van der Waals surface area contributed by atoms with Crippen molar-refractivity contribution in [2.24, 2.45) is 11.5 Å². The molecular formula is C20H40N2O3. The lowest BCUT2D eigenvalue weighted by molar-refractivity contribution is -0.131. The quantitative estimate of drug-likeness (QED) is 0.127. The Hall–Kier alpha value is -1.07. The van der Waals surface area contributed by atoms with Crippen LogP contribution in [0, 0.1) is 0 Å². The summed E-state index contributed by atoms with van der Waals surface area (Å²) in [6, 6.07) is 0. The number of hydrogen-bond acceptors (Lipinski definition) is 4. The van der Waals surface area contributed by atoms with Crippen molar-refractivity contribution in [1.29, 1.82) is 0 Å². The molecule has 0 aromatic heterocycles. The van der Waals surface area contributed by atoms with E-state index >= 15 is 0 Å². The van der Waals surface area contributed by atoms with Crippen LogP contribution in [0.2, 0.25) is 0 Å². The number of nitrogens with two attached hydrogens (primary N) is 2. The SMILES string of the molecule is CCCCCCCCCCCCCCCCC(N)(N)C(O)=CC(=O)O. The Morgan fingerprint density at radius 3 is 1.48 bits per heavy atom. The van der Waals surface area contributed by atoms with Gasteiger partial charge in [0, 0.05) is 0 Å². The highest BCUT2D eigenvalue weighted by molar-refractivity contribution is 5.80. The van der Waals surface area contributed by atoms with Crippen LogP contribution >= 0.6 is 0 Å². The molecule has 5 heteroatoms. The molecule has 5 nitrogen and oxygen atoms in total. The second-order valence-corrected chi connectivity index (χ2v) is 7.25. The zero-order valence-corrected chi connectivity index (χ0v) is 16.1. The highest BCUT2D eigenvalue weighted by atomic mass is 16.4. The van der Waals surface area contributed by atoms with Crippen LogP contribution in [0.1, 0.15) is 103 Å². The predicted molar refractivity (Wildman–Crippen MR) is 104 cm³/mol. The minimum Gasteiger partial charge on any atom is -0.509 e. The first-order chi connectivity index (χ1) is 11.9. The maximum Gasteiger partial charge on any atom is 0.331 e.